The zero-order chi connectivity index (χ0) is 4.99. The summed E-state index contributed by atoms with van der Waals surface area (Å²) in [5.74, 6) is 0.267. The topological polar surface area (TPSA) is 40.5 Å². The van der Waals surface area contributed by atoms with E-state index >= 15 is 0 Å². The molecule has 0 heterocycles. The van der Waals surface area contributed by atoms with Crippen molar-refractivity contribution < 1.29 is 10.2 Å². The Labute approximate surface area is 102 Å². The molecule has 6 heteroatoms. The number of thiol groups is 1. The third kappa shape index (κ3) is 15.8. The molecular formula is C2H8Na2O2S2. The first-order valence-corrected chi connectivity index (χ1v) is 3.43. The number of hydrogen-bond donors (Lipinski definition) is 3. The molecule has 0 aromatic heterocycles. The number of aliphatic hydroxyl groups excluding tert-OH is 1. The van der Waals surface area contributed by atoms with Crippen molar-refractivity contribution in [3.63, 3.8) is 0 Å². The van der Waals surface area contributed by atoms with Crippen LogP contribution in [0.2, 0.25) is 0 Å². The van der Waals surface area contributed by atoms with Crippen LogP contribution in [0.3, 0.4) is 0 Å². The van der Waals surface area contributed by atoms with E-state index in [1.807, 2.05) is 0 Å². The van der Waals surface area contributed by atoms with Gasteiger partial charge in [-0.3, -0.25) is 0 Å². The van der Waals surface area contributed by atoms with Gasteiger partial charge in [-0.1, -0.05) is 10.8 Å². The van der Waals surface area contributed by atoms with Crippen LogP contribution in [-0.2, 0) is 0 Å². The van der Waals surface area contributed by atoms with Crippen LogP contribution in [-0.4, -0.2) is 81.4 Å². The van der Waals surface area contributed by atoms with Crippen LogP contribution in [0.25, 0.3) is 0 Å². The van der Waals surface area contributed by atoms with E-state index in [0.717, 1.165) is 10.8 Å². The van der Waals surface area contributed by atoms with Crippen molar-refractivity contribution >= 4 is 81.6 Å². The molecule has 2 nitrogen and oxygen atoms in total. The van der Waals surface area contributed by atoms with Gasteiger partial charge in [-0.15, -0.1) is 11.7 Å². The van der Waals surface area contributed by atoms with Crippen molar-refractivity contribution in [1.29, 1.82) is 0 Å². The zero-order valence-corrected chi connectivity index (χ0v) is 4.75. The summed E-state index contributed by atoms with van der Waals surface area (Å²) >= 11 is 3.66. The summed E-state index contributed by atoms with van der Waals surface area (Å²) < 4.78 is 0. The molecule has 0 bridgehead atoms. The Hall–Kier alpha value is 2.62. The van der Waals surface area contributed by atoms with Gasteiger partial charge in [0.2, 0.25) is 0 Å². The fourth-order valence-corrected chi connectivity index (χ4v) is 0.600. The van der Waals surface area contributed by atoms with Crippen LogP contribution in [0.5, 0.6) is 0 Å². The van der Waals surface area contributed by atoms with Crippen molar-refractivity contribution in [2.75, 3.05) is 5.75 Å². The summed E-state index contributed by atoms with van der Waals surface area (Å²) in [6.45, 7) is 0. The minimum absolute atomic E-state index is 0. The first-order valence-electron chi connectivity index (χ1n) is 1.40. The average molecular weight is 174 g/mol. The Bertz CT molecular complexity index is 37.2. The van der Waals surface area contributed by atoms with Crippen LogP contribution in [0.1, 0.15) is 0 Å². The molecule has 0 amide bonds. The summed E-state index contributed by atoms with van der Waals surface area (Å²) in [6, 6.07) is 0. The van der Waals surface area contributed by atoms with Gasteiger partial charge in [-0.05, 0) is 0 Å². The fourth-order valence-electron chi connectivity index (χ4n) is 0.0667. The maximum atomic E-state index is 8.04. The summed E-state index contributed by atoms with van der Waals surface area (Å²) in [5.41, 5.74) is 0. The molecule has 0 radical (unpaired) electrons. The molecule has 0 aromatic rings. The van der Waals surface area contributed by atoms with Crippen LogP contribution in [0.4, 0.5) is 0 Å². The van der Waals surface area contributed by atoms with Gasteiger partial charge in [0.15, 0.2) is 6.29 Å². The van der Waals surface area contributed by atoms with Gasteiger partial charge in [0.05, 0.1) is 5.75 Å². The van der Waals surface area contributed by atoms with E-state index in [9.17, 15) is 0 Å². The molecule has 0 unspecified atom stereocenters. The Morgan fingerprint density at radius 2 is 1.75 bits per heavy atom. The van der Waals surface area contributed by atoms with Gasteiger partial charge < -0.3 is 10.2 Å². The van der Waals surface area contributed by atoms with Gasteiger partial charge in [0.1, 0.15) is 0 Å². The molecule has 2 N–H and O–H groups in total. The molecular weight excluding hydrogens is 166 g/mol. The second-order valence-electron chi connectivity index (χ2n) is 0.776. The summed E-state index contributed by atoms with van der Waals surface area (Å²) in [4.78, 5) is 0. The summed E-state index contributed by atoms with van der Waals surface area (Å²) in [5, 5.41) is 16.1. The van der Waals surface area contributed by atoms with Gasteiger partial charge in [-0.25, -0.2) is 0 Å². The second-order valence-corrected chi connectivity index (χ2v) is 2.14. The van der Waals surface area contributed by atoms with Crippen molar-refractivity contribution in [2.24, 2.45) is 0 Å². The fraction of sp³-hybridized carbons (Fsp3) is 1.00. The molecule has 42 valence electrons. The van der Waals surface area contributed by atoms with E-state index in [-0.39, 0.29) is 64.9 Å². The quantitative estimate of drug-likeness (QED) is 0.208. The normalized spacial score (nSPS) is 7.50. The average Bonchev–Trinajstić information content (AvgIpc) is 1.35. The molecule has 0 aromatic carbocycles. The zero-order valence-electron chi connectivity index (χ0n) is 3.03. The van der Waals surface area contributed by atoms with E-state index in [1.54, 1.807) is 0 Å². The third-order valence-corrected chi connectivity index (χ3v) is 1.12. The Balaban J connectivity index is -0.000000125. The van der Waals surface area contributed by atoms with Crippen molar-refractivity contribution in [1.82, 2.24) is 0 Å². The second kappa shape index (κ2) is 12.3. The molecule has 0 fully saturated rings. The summed E-state index contributed by atoms with van der Waals surface area (Å²) in [6.07, 6.45) is -1.22. The van der Waals surface area contributed by atoms with Crippen LogP contribution in [0.15, 0.2) is 0 Å². The molecule has 0 spiro atoms. The van der Waals surface area contributed by atoms with Crippen LogP contribution >= 0.6 is 22.5 Å². The molecule has 8 heavy (non-hydrogen) atoms. The van der Waals surface area contributed by atoms with Crippen molar-refractivity contribution in [3.05, 3.63) is 0 Å². The number of rotatable bonds is 2. The standard InChI is InChI=1S/C2H6O2S2.2Na.2H/c3-2(4)1-6-5;;;;/h2-5H,1H2;;;;. The van der Waals surface area contributed by atoms with E-state index in [0.29, 0.717) is 0 Å². The Morgan fingerprint density at radius 1 is 1.38 bits per heavy atom. The number of aliphatic hydroxyl groups is 2. The molecule has 0 saturated carbocycles. The summed E-state index contributed by atoms with van der Waals surface area (Å²) in [7, 11) is 1.10. The van der Waals surface area contributed by atoms with Crippen LogP contribution < -0.4 is 0 Å². The molecule has 0 aliphatic heterocycles. The predicted octanol–water partition coefficient (Wildman–Crippen LogP) is -1.42. The molecule has 0 atom stereocenters. The van der Waals surface area contributed by atoms with E-state index in [1.165, 1.54) is 0 Å². The Morgan fingerprint density at radius 3 is 1.75 bits per heavy atom. The number of hydrogen-bond acceptors (Lipinski definition) is 4. The van der Waals surface area contributed by atoms with E-state index in [2.05, 4.69) is 11.7 Å². The molecule has 0 saturated heterocycles. The molecule has 0 aliphatic rings. The molecule has 0 rings (SSSR count). The molecule has 0 aliphatic carbocycles. The van der Waals surface area contributed by atoms with Gasteiger partial charge >= 0.3 is 59.1 Å². The first kappa shape index (κ1) is 16.9. The first-order chi connectivity index (χ1) is 2.77. The van der Waals surface area contributed by atoms with Gasteiger partial charge in [0.25, 0.3) is 0 Å². The SMILES string of the molecule is OC(O)CSS.[NaH].[NaH]. The third-order valence-electron chi connectivity index (χ3n) is 0.224. The van der Waals surface area contributed by atoms with E-state index < -0.39 is 6.29 Å². The van der Waals surface area contributed by atoms with Gasteiger partial charge in [-0.2, -0.15) is 0 Å². The Kier molecular flexibility index (Phi) is 26.0. The minimum atomic E-state index is -1.22. The van der Waals surface area contributed by atoms with Crippen LogP contribution in [0, 0.1) is 0 Å². The monoisotopic (exact) mass is 174 g/mol. The maximum absolute atomic E-state index is 8.04. The van der Waals surface area contributed by atoms with E-state index in [4.69, 9.17) is 10.2 Å². The van der Waals surface area contributed by atoms with Gasteiger partial charge in [0, 0.05) is 0 Å². The predicted molar refractivity (Wildman–Crippen MR) is 44.0 cm³/mol. The van der Waals surface area contributed by atoms with Crippen molar-refractivity contribution in [2.45, 2.75) is 6.29 Å². The van der Waals surface area contributed by atoms with Crippen molar-refractivity contribution in [3.8, 4) is 0 Å².